The topological polar surface area (TPSA) is 145 Å². The molecule has 142 valence electrons. The lowest BCUT2D eigenvalue weighted by molar-refractivity contribution is 0.100. The Labute approximate surface area is 159 Å². The van der Waals surface area contributed by atoms with Crippen LogP contribution in [0.15, 0.2) is 28.1 Å². The number of nitrogens with zero attached hydrogens (tertiary/aromatic N) is 2. The predicted molar refractivity (Wildman–Crippen MR) is 104 cm³/mol. The van der Waals surface area contributed by atoms with E-state index in [1.165, 1.54) is 12.1 Å². The summed E-state index contributed by atoms with van der Waals surface area (Å²) in [5.41, 5.74) is 16.9. The zero-order valence-electron chi connectivity index (χ0n) is 13.7. The highest BCUT2D eigenvalue weighted by molar-refractivity contribution is 7.90. The van der Waals surface area contributed by atoms with Gasteiger partial charge >= 0.3 is 0 Å². The molecule has 25 heavy (non-hydrogen) atoms. The molecule has 6 N–H and O–H groups in total. The van der Waals surface area contributed by atoms with Crippen molar-refractivity contribution in [1.29, 1.82) is 0 Å². The van der Waals surface area contributed by atoms with E-state index in [2.05, 4.69) is 4.99 Å². The first kappa shape index (κ1) is 23.4. The Morgan fingerprint density at radius 1 is 1.20 bits per heavy atom. The lowest BCUT2D eigenvalue weighted by Gasteiger charge is -2.33. The van der Waals surface area contributed by atoms with Crippen molar-refractivity contribution in [2.24, 2.45) is 22.2 Å². The summed E-state index contributed by atoms with van der Waals surface area (Å²) in [6.45, 7) is 1.34. The molecular formula is C14H23Cl2N5O3S. The van der Waals surface area contributed by atoms with Gasteiger partial charge in [-0.05, 0) is 31.0 Å². The van der Waals surface area contributed by atoms with E-state index in [1.54, 1.807) is 6.07 Å². The minimum atomic E-state index is -3.52. The monoisotopic (exact) mass is 411 g/mol. The van der Waals surface area contributed by atoms with E-state index in [0.717, 1.165) is 19.1 Å². The number of sulfone groups is 1. The number of carbonyl (C=O) groups is 1. The molecular weight excluding hydrogens is 389 g/mol. The number of guanidine groups is 1. The average molecular weight is 412 g/mol. The van der Waals surface area contributed by atoms with Gasteiger partial charge in [0.25, 0.3) is 5.91 Å². The number of amides is 1. The summed E-state index contributed by atoms with van der Waals surface area (Å²) in [6.07, 6.45) is 2.69. The van der Waals surface area contributed by atoms with Crippen molar-refractivity contribution in [2.75, 3.05) is 24.2 Å². The Bertz CT molecular complexity index is 743. The quantitative estimate of drug-likeness (QED) is 0.477. The molecule has 11 heteroatoms. The SMILES string of the molecule is CS(=O)(=O)c1cc(C(=O)N=C(N)N)ccc1N1CCC(N)CC1.Cl.Cl. The summed E-state index contributed by atoms with van der Waals surface area (Å²) in [5.74, 6) is -1.05. The third kappa shape index (κ3) is 6.03. The fourth-order valence-corrected chi connectivity index (χ4v) is 3.45. The highest BCUT2D eigenvalue weighted by Crippen LogP contribution is 2.29. The Hall–Kier alpha value is -1.55. The number of aliphatic imine (C=N–C) groups is 1. The third-order valence-corrected chi connectivity index (χ3v) is 4.84. The molecule has 2 rings (SSSR count). The summed E-state index contributed by atoms with van der Waals surface area (Å²) in [4.78, 5) is 17.4. The van der Waals surface area contributed by atoms with Crippen molar-refractivity contribution < 1.29 is 13.2 Å². The number of benzene rings is 1. The molecule has 1 aromatic rings. The second-order valence-electron chi connectivity index (χ2n) is 5.62. The Morgan fingerprint density at radius 2 is 1.76 bits per heavy atom. The predicted octanol–water partition coefficient (Wildman–Crippen LogP) is 0.275. The Kier molecular flexibility index (Phi) is 8.66. The number of rotatable bonds is 3. The van der Waals surface area contributed by atoms with Crippen molar-refractivity contribution in [1.82, 2.24) is 0 Å². The molecule has 1 aliphatic rings. The maximum atomic E-state index is 12.1. The van der Waals surface area contributed by atoms with Gasteiger partial charge in [-0.3, -0.25) is 4.79 Å². The van der Waals surface area contributed by atoms with E-state index in [1.807, 2.05) is 4.90 Å². The van der Waals surface area contributed by atoms with Crippen LogP contribution in [0.4, 0.5) is 5.69 Å². The van der Waals surface area contributed by atoms with Gasteiger partial charge in [-0.1, -0.05) is 0 Å². The van der Waals surface area contributed by atoms with Crippen molar-refractivity contribution in [3.05, 3.63) is 23.8 Å². The van der Waals surface area contributed by atoms with Crippen molar-refractivity contribution in [3.8, 4) is 0 Å². The summed E-state index contributed by atoms with van der Waals surface area (Å²) in [6, 6.07) is 4.58. The van der Waals surface area contributed by atoms with Crippen LogP contribution in [-0.4, -0.2) is 45.7 Å². The fraction of sp³-hybridized carbons (Fsp3) is 0.429. The number of piperidine rings is 1. The maximum absolute atomic E-state index is 12.1. The third-order valence-electron chi connectivity index (χ3n) is 3.72. The lowest BCUT2D eigenvalue weighted by Crippen LogP contribution is -2.40. The van der Waals surface area contributed by atoms with Gasteiger partial charge in [0.2, 0.25) is 0 Å². The van der Waals surface area contributed by atoms with Gasteiger partial charge in [-0.25, -0.2) is 8.42 Å². The zero-order valence-corrected chi connectivity index (χ0v) is 16.2. The summed E-state index contributed by atoms with van der Waals surface area (Å²) < 4.78 is 24.2. The van der Waals surface area contributed by atoms with Crippen LogP contribution >= 0.6 is 24.8 Å². The number of halogens is 2. The molecule has 1 fully saturated rings. The molecule has 1 amide bonds. The Morgan fingerprint density at radius 3 is 2.24 bits per heavy atom. The molecule has 0 unspecified atom stereocenters. The second-order valence-corrected chi connectivity index (χ2v) is 7.61. The van der Waals surface area contributed by atoms with Gasteiger partial charge in [0, 0.05) is 31.0 Å². The number of anilines is 1. The molecule has 0 saturated carbocycles. The molecule has 8 nitrogen and oxygen atoms in total. The van der Waals surface area contributed by atoms with Crippen LogP contribution in [-0.2, 0) is 9.84 Å². The summed E-state index contributed by atoms with van der Waals surface area (Å²) in [7, 11) is -3.52. The van der Waals surface area contributed by atoms with Gasteiger partial charge < -0.3 is 22.1 Å². The van der Waals surface area contributed by atoms with Gasteiger partial charge in [-0.15, -0.1) is 24.8 Å². The first-order chi connectivity index (χ1) is 10.7. The molecule has 0 spiro atoms. The van der Waals surface area contributed by atoms with E-state index in [0.29, 0.717) is 18.8 Å². The Balaban J connectivity index is 0.00000288. The highest BCUT2D eigenvalue weighted by atomic mass is 35.5. The van der Waals surface area contributed by atoms with Crippen LogP contribution in [0.5, 0.6) is 0 Å². The van der Waals surface area contributed by atoms with E-state index >= 15 is 0 Å². The first-order valence-electron chi connectivity index (χ1n) is 7.17. The van der Waals surface area contributed by atoms with E-state index in [9.17, 15) is 13.2 Å². The van der Waals surface area contributed by atoms with Crippen molar-refractivity contribution in [2.45, 2.75) is 23.8 Å². The summed E-state index contributed by atoms with van der Waals surface area (Å²) >= 11 is 0. The van der Waals surface area contributed by atoms with Gasteiger partial charge in [0.1, 0.15) is 0 Å². The molecule has 1 saturated heterocycles. The molecule has 1 heterocycles. The molecule has 0 aliphatic carbocycles. The van der Waals surface area contributed by atoms with Crippen LogP contribution in [0.25, 0.3) is 0 Å². The first-order valence-corrected chi connectivity index (χ1v) is 9.06. The molecule has 0 bridgehead atoms. The fourth-order valence-electron chi connectivity index (χ4n) is 2.53. The molecule has 0 aromatic heterocycles. The minimum absolute atomic E-state index is 0. The van der Waals surface area contributed by atoms with Gasteiger partial charge in [0.05, 0.1) is 10.6 Å². The maximum Gasteiger partial charge on any atom is 0.280 e. The second kappa shape index (κ2) is 9.23. The van der Waals surface area contributed by atoms with Gasteiger partial charge in [0.15, 0.2) is 15.8 Å². The van der Waals surface area contributed by atoms with Crippen LogP contribution in [0.2, 0.25) is 0 Å². The van der Waals surface area contributed by atoms with Gasteiger partial charge in [-0.2, -0.15) is 4.99 Å². The molecule has 0 radical (unpaired) electrons. The molecule has 0 atom stereocenters. The van der Waals surface area contributed by atoms with Crippen LogP contribution in [0, 0.1) is 0 Å². The number of carbonyl (C=O) groups excluding carboxylic acids is 1. The van der Waals surface area contributed by atoms with Crippen LogP contribution < -0.4 is 22.1 Å². The van der Waals surface area contributed by atoms with E-state index in [-0.39, 0.29) is 47.3 Å². The zero-order chi connectivity index (χ0) is 17.2. The van der Waals surface area contributed by atoms with E-state index in [4.69, 9.17) is 17.2 Å². The van der Waals surface area contributed by atoms with Crippen LogP contribution in [0.1, 0.15) is 23.2 Å². The van der Waals surface area contributed by atoms with Crippen molar-refractivity contribution in [3.63, 3.8) is 0 Å². The number of hydrogen-bond acceptors (Lipinski definition) is 5. The van der Waals surface area contributed by atoms with E-state index < -0.39 is 15.7 Å². The molecule has 1 aromatic carbocycles. The largest absolute Gasteiger partial charge is 0.370 e. The normalized spacial score (nSPS) is 14.9. The van der Waals surface area contributed by atoms with Crippen LogP contribution in [0.3, 0.4) is 0 Å². The highest BCUT2D eigenvalue weighted by Gasteiger charge is 2.23. The smallest absolute Gasteiger partial charge is 0.280 e. The average Bonchev–Trinajstić information content (AvgIpc) is 2.46. The number of nitrogens with two attached hydrogens (primary N) is 3. The standard InChI is InChI=1S/C14H21N5O3S.2ClH/c1-23(21,22)12-8-9(13(20)18-14(16)17)2-3-11(12)19-6-4-10(15)5-7-19;;/h2-3,8,10H,4-7,15H2,1H3,(H4,16,17,18,20);2*1H. The van der Waals surface area contributed by atoms with Crippen molar-refractivity contribution >= 4 is 52.2 Å². The summed E-state index contributed by atoms with van der Waals surface area (Å²) in [5, 5.41) is 0. The number of hydrogen-bond donors (Lipinski definition) is 3. The molecule has 1 aliphatic heterocycles. The lowest BCUT2D eigenvalue weighted by atomic mass is 10.0. The minimum Gasteiger partial charge on any atom is -0.370 e.